The number of hydrogen-bond donors (Lipinski definition) is 0. The van der Waals surface area contributed by atoms with Crippen LogP contribution in [0.2, 0.25) is 0 Å². The molecule has 0 aliphatic carbocycles. The molecule has 2 saturated heterocycles. The molecule has 2 atom stereocenters. The normalized spacial score (nSPS) is 25.2. The number of methoxy groups -OCH3 is 1. The Hall–Kier alpha value is -1.39. The van der Waals surface area contributed by atoms with Gasteiger partial charge in [0.15, 0.2) is 0 Å². The van der Waals surface area contributed by atoms with E-state index < -0.39 is 0 Å². The summed E-state index contributed by atoms with van der Waals surface area (Å²) in [5.74, 6) is 0.183. The van der Waals surface area contributed by atoms with Crippen molar-refractivity contribution in [3.8, 4) is 0 Å². The lowest BCUT2D eigenvalue weighted by Crippen LogP contribution is -2.48. The Morgan fingerprint density at radius 2 is 1.91 bits per heavy atom. The summed E-state index contributed by atoms with van der Waals surface area (Å²) in [4.78, 5) is 17.8. The predicted octanol–water partition coefficient (Wildman–Crippen LogP) is 2.92. The van der Waals surface area contributed by atoms with E-state index in [9.17, 15) is 4.79 Å². The van der Waals surface area contributed by atoms with Gasteiger partial charge >= 0.3 is 0 Å². The minimum atomic E-state index is 0.183. The van der Waals surface area contributed by atoms with E-state index in [2.05, 4.69) is 16.7 Å². The molecular weight excluding hydrogens is 288 g/mol. The zero-order valence-electron chi connectivity index (χ0n) is 14.3. The van der Waals surface area contributed by atoms with Gasteiger partial charge < -0.3 is 9.64 Å². The van der Waals surface area contributed by atoms with Crippen LogP contribution < -0.4 is 0 Å². The summed E-state index contributed by atoms with van der Waals surface area (Å²) in [5.41, 5.74) is 1.80. The fraction of sp³-hybridized carbons (Fsp3) is 0.632. The molecule has 4 nitrogen and oxygen atoms in total. The molecule has 2 fully saturated rings. The van der Waals surface area contributed by atoms with Gasteiger partial charge in [-0.05, 0) is 50.4 Å². The van der Waals surface area contributed by atoms with Gasteiger partial charge in [-0.3, -0.25) is 9.69 Å². The van der Waals surface area contributed by atoms with Crippen molar-refractivity contribution in [1.82, 2.24) is 9.80 Å². The van der Waals surface area contributed by atoms with Crippen molar-refractivity contribution in [2.24, 2.45) is 0 Å². The monoisotopic (exact) mass is 316 g/mol. The molecule has 1 amide bonds. The Morgan fingerprint density at radius 1 is 1.17 bits per heavy atom. The van der Waals surface area contributed by atoms with Crippen LogP contribution in [0.3, 0.4) is 0 Å². The van der Waals surface area contributed by atoms with Crippen LogP contribution in [0.5, 0.6) is 0 Å². The quantitative estimate of drug-likeness (QED) is 0.837. The molecule has 0 bridgehead atoms. The lowest BCUT2D eigenvalue weighted by Gasteiger charge is -2.35. The summed E-state index contributed by atoms with van der Waals surface area (Å²) in [6.07, 6.45) is 4.75. The van der Waals surface area contributed by atoms with Crippen molar-refractivity contribution < 1.29 is 9.53 Å². The van der Waals surface area contributed by atoms with E-state index in [4.69, 9.17) is 4.74 Å². The van der Waals surface area contributed by atoms with Crippen molar-refractivity contribution in [2.45, 2.75) is 51.3 Å². The molecule has 4 heteroatoms. The number of likely N-dealkylation sites (N-methyl/N-ethyl adjacent to an activating group) is 1. The van der Waals surface area contributed by atoms with Crippen molar-refractivity contribution in [3.05, 3.63) is 35.4 Å². The maximum absolute atomic E-state index is 13.2. The molecular formula is C19H28N2O2. The van der Waals surface area contributed by atoms with Crippen LogP contribution in [-0.4, -0.2) is 54.5 Å². The third-order valence-electron chi connectivity index (χ3n) is 5.37. The zero-order chi connectivity index (χ0) is 16.2. The molecule has 2 aliphatic rings. The van der Waals surface area contributed by atoms with E-state index in [-0.39, 0.29) is 5.91 Å². The third kappa shape index (κ3) is 3.29. The first-order valence-electron chi connectivity index (χ1n) is 8.88. The Morgan fingerprint density at radius 3 is 2.70 bits per heavy atom. The van der Waals surface area contributed by atoms with Crippen LogP contribution in [0.4, 0.5) is 0 Å². The van der Waals surface area contributed by atoms with Gasteiger partial charge in [0.1, 0.15) is 0 Å². The second-order valence-corrected chi connectivity index (χ2v) is 6.64. The molecule has 2 aliphatic heterocycles. The molecule has 0 N–H and O–H groups in total. The summed E-state index contributed by atoms with van der Waals surface area (Å²) >= 11 is 0. The molecule has 1 aromatic rings. The molecule has 1 aromatic carbocycles. The van der Waals surface area contributed by atoms with Crippen molar-refractivity contribution in [1.29, 1.82) is 0 Å². The number of likely N-dealkylation sites (tertiary alicyclic amines) is 2. The molecule has 0 spiro atoms. The highest BCUT2D eigenvalue weighted by Gasteiger charge is 2.39. The molecule has 23 heavy (non-hydrogen) atoms. The molecule has 0 saturated carbocycles. The number of amides is 1. The molecule has 3 rings (SSSR count). The zero-order valence-corrected chi connectivity index (χ0v) is 14.3. The predicted molar refractivity (Wildman–Crippen MR) is 91.5 cm³/mol. The first-order chi connectivity index (χ1) is 11.3. The minimum Gasteiger partial charge on any atom is -0.380 e. The van der Waals surface area contributed by atoms with Gasteiger partial charge in [0.2, 0.25) is 0 Å². The van der Waals surface area contributed by atoms with Crippen LogP contribution >= 0.6 is 0 Å². The Bertz CT molecular complexity index is 546. The minimum absolute atomic E-state index is 0.183. The van der Waals surface area contributed by atoms with Crippen LogP contribution in [0.15, 0.2) is 24.3 Å². The van der Waals surface area contributed by atoms with Crippen molar-refractivity contribution in [3.63, 3.8) is 0 Å². The van der Waals surface area contributed by atoms with Gasteiger partial charge in [-0.2, -0.15) is 0 Å². The van der Waals surface area contributed by atoms with Crippen LogP contribution in [0, 0.1) is 0 Å². The number of rotatable bonds is 5. The van der Waals surface area contributed by atoms with E-state index in [1.807, 2.05) is 24.3 Å². The van der Waals surface area contributed by atoms with E-state index in [0.29, 0.717) is 18.7 Å². The highest BCUT2D eigenvalue weighted by molar-refractivity contribution is 5.96. The average molecular weight is 316 g/mol. The second-order valence-electron chi connectivity index (χ2n) is 6.64. The first kappa shape index (κ1) is 16.5. The SMILES string of the molecule is CCN1CCC[C@@H]1[C@@H]1CCCN1C(=O)c1ccccc1COC. The fourth-order valence-electron chi connectivity index (χ4n) is 4.29. The van der Waals surface area contributed by atoms with Gasteiger partial charge in [-0.15, -0.1) is 0 Å². The fourth-order valence-corrected chi connectivity index (χ4v) is 4.29. The Kier molecular flexibility index (Phi) is 5.34. The van der Waals surface area contributed by atoms with Crippen LogP contribution in [0.25, 0.3) is 0 Å². The molecule has 2 heterocycles. The maximum atomic E-state index is 13.2. The summed E-state index contributed by atoms with van der Waals surface area (Å²) < 4.78 is 5.26. The topological polar surface area (TPSA) is 32.8 Å². The van der Waals surface area contributed by atoms with Gasteiger partial charge in [-0.1, -0.05) is 25.1 Å². The summed E-state index contributed by atoms with van der Waals surface area (Å²) in [6.45, 7) is 5.88. The van der Waals surface area contributed by atoms with Crippen molar-refractivity contribution in [2.75, 3.05) is 26.7 Å². The summed E-state index contributed by atoms with van der Waals surface area (Å²) in [5, 5.41) is 0. The lowest BCUT2D eigenvalue weighted by molar-refractivity contribution is 0.0645. The van der Waals surface area contributed by atoms with Gasteiger partial charge in [0.05, 0.1) is 6.61 Å². The largest absolute Gasteiger partial charge is 0.380 e. The van der Waals surface area contributed by atoms with Gasteiger partial charge in [-0.25, -0.2) is 0 Å². The molecule has 0 radical (unpaired) electrons. The average Bonchev–Trinajstić information content (AvgIpc) is 3.23. The smallest absolute Gasteiger partial charge is 0.254 e. The second kappa shape index (κ2) is 7.45. The summed E-state index contributed by atoms with van der Waals surface area (Å²) in [6, 6.07) is 8.78. The van der Waals surface area contributed by atoms with Crippen LogP contribution in [-0.2, 0) is 11.3 Å². The van der Waals surface area contributed by atoms with Crippen LogP contribution in [0.1, 0.15) is 48.5 Å². The lowest BCUT2D eigenvalue weighted by atomic mass is 10.0. The maximum Gasteiger partial charge on any atom is 0.254 e. The number of carbonyl (C=O) groups excluding carboxylic acids is 1. The summed E-state index contributed by atoms with van der Waals surface area (Å²) in [7, 11) is 1.68. The van der Waals surface area contributed by atoms with Gasteiger partial charge in [0.25, 0.3) is 5.91 Å². The number of benzene rings is 1. The van der Waals surface area contributed by atoms with E-state index in [1.165, 1.54) is 19.4 Å². The number of ether oxygens (including phenoxy) is 1. The Balaban J connectivity index is 1.81. The molecule has 126 valence electrons. The first-order valence-corrected chi connectivity index (χ1v) is 8.88. The van der Waals surface area contributed by atoms with E-state index in [1.54, 1.807) is 7.11 Å². The highest BCUT2D eigenvalue weighted by atomic mass is 16.5. The third-order valence-corrected chi connectivity index (χ3v) is 5.37. The number of carbonyl (C=O) groups is 1. The Labute approximate surface area is 139 Å². The molecule has 0 unspecified atom stereocenters. The van der Waals surface area contributed by atoms with E-state index >= 15 is 0 Å². The van der Waals surface area contributed by atoms with E-state index in [0.717, 1.165) is 37.1 Å². The van der Waals surface area contributed by atoms with Gasteiger partial charge in [0, 0.05) is 31.3 Å². The standard InChI is InChI=1S/C19H28N2O2/c1-3-20-12-6-10-17(20)18-11-7-13-21(18)19(22)16-9-5-4-8-15(16)14-23-2/h4-5,8-9,17-18H,3,6-7,10-14H2,1-2H3/t17-,18+/m1/s1. The molecule has 0 aromatic heterocycles. The number of hydrogen-bond acceptors (Lipinski definition) is 3. The van der Waals surface area contributed by atoms with Crippen molar-refractivity contribution >= 4 is 5.91 Å². The number of nitrogens with zero attached hydrogens (tertiary/aromatic N) is 2. The highest BCUT2D eigenvalue weighted by Crippen LogP contribution is 2.31.